The highest BCUT2D eigenvalue weighted by atomic mass is 32.1. The van der Waals surface area contributed by atoms with Crippen LogP contribution in [0.4, 0.5) is 0 Å². The molecule has 0 aliphatic heterocycles. The van der Waals surface area contributed by atoms with Crippen molar-refractivity contribution in [2.24, 2.45) is 0 Å². The Kier molecular flexibility index (Phi) is 6.14. The first-order chi connectivity index (χ1) is 11.9. The number of benzene rings is 1. The summed E-state index contributed by atoms with van der Waals surface area (Å²) in [5.74, 6) is -0.277. The first kappa shape index (κ1) is 18.9. The summed E-state index contributed by atoms with van der Waals surface area (Å²) in [5.41, 5.74) is 0.729. The number of esters is 1. The Labute approximate surface area is 151 Å². The van der Waals surface area contributed by atoms with Gasteiger partial charge in [-0.2, -0.15) is 0 Å². The van der Waals surface area contributed by atoms with Crippen LogP contribution in [0.3, 0.4) is 0 Å². The third kappa shape index (κ3) is 4.17. The highest BCUT2D eigenvalue weighted by molar-refractivity contribution is 7.80. The van der Waals surface area contributed by atoms with Gasteiger partial charge in [-0.15, -0.1) is 0 Å². The summed E-state index contributed by atoms with van der Waals surface area (Å²) in [4.78, 5) is 26.0. The highest BCUT2D eigenvalue weighted by Gasteiger charge is 2.19. The standard InChI is InChI=1S/C18H21NO5S/c1-5-7-12-14(24-18(25)19(3)4)9-8-11-13(20)10-15(23-16(11)12)17(21)22-6-2/h8-10H,5-7H2,1-4H3. The molecule has 2 rings (SSSR count). The van der Waals surface area contributed by atoms with E-state index in [0.29, 0.717) is 33.9 Å². The van der Waals surface area contributed by atoms with Gasteiger partial charge >= 0.3 is 5.97 Å². The van der Waals surface area contributed by atoms with E-state index in [1.54, 1.807) is 38.1 Å². The summed E-state index contributed by atoms with van der Waals surface area (Å²) < 4.78 is 16.4. The normalized spacial score (nSPS) is 10.6. The van der Waals surface area contributed by atoms with Crippen LogP contribution in [0.5, 0.6) is 5.75 Å². The fraction of sp³-hybridized carbons (Fsp3) is 0.389. The number of carbonyl (C=O) groups is 1. The number of thiocarbonyl (C=S) groups is 1. The molecule has 0 amide bonds. The molecule has 0 atom stereocenters. The number of hydrogen-bond donors (Lipinski definition) is 0. The Morgan fingerprint density at radius 1 is 1.28 bits per heavy atom. The predicted octanol–water partition coefficient (Wildman–Crippen LogP) is 3.15. The molecule has 2 aromatic rings. The maximum Gasteiger partial charge on any atom is 0.374 e. The molecule has 0 radical (unpaired) electrons. The van der Waals surface area contributed by atoms with Gasteiger partial charge < -0.3 is 18.8 Å². The molecule has 0 aliphatic carbocycles. The zero-order valence-electron chi connectivity index (χ0n) is 14.8. The minimum absolute atomic E-state index is 0.121. The third-order valence-corrected chi connectivity index (χ3v) is 3.94. The van der Waals surface area contributed by atoms with E-state index in [2.05, 4.69) is 0 Å². The smallest absolute Gasteiger partial charge is 0.374 e. The summed E-state index contributed by atoms with van der Waals surface area (Å²) in [7, 11) is 3.56. The number of rotatable bonds is 5. The van der Waals surface area contributed by atoms with Crippen molar-refractivity contribution in [3.8, 4) is 5.75 Å². The average Bonchev–Trinajstić information content (AvgIpc) is 2.56. The van der Waals surface area contributed by atoms with Crippen molar-refractivity contribution in [1.82, 2.24) is 4.90 Å². The zero-order chi connectivity index (χ0) is 18.6. The first-order valence-corrected chi connectivity index (χ1v) is 8.45. The van der Waals surface area contributed by atoms with Crippen LogP contribution in [-0.2, 0) is 11.2 Å². The van der Waals surface area contributed by atoms with Crippen molar-refractivity contribution in [3.63, 3.8) is 0 Å². The summed E-state index contributed by atoms with van der Waals surface area (Å²) in [6.07, 6.45) is 1.41. The maximum atomic E-state index is 12.4. The number of aryl methyl sites for hydroxylation is 1. The van der Waals surface area contributed by atoms with Crippen molar-refractivity contribution in [2.45, 2.75) is 26.7 Å². The first-order valence-electron chi connectivity index (χ1n) is 8.05. The molecule has 134 valence electrons. The van der Waals surface area contributed by atoms with Crippen molar-refractivity contribution < 1.29 is 18.7 Å². The number of hydrogen-bond acceptors (Lipinski definition) is 6. The zero-order valence-corrected chi connectivity index (χ0v) is 15.6. The van der Waals surface area contributed by atoms with Gasteiger partial charge in [-0.25, -0.2) is 4.79 Å². The Hall–Kier alpha value is -2.41. The van der Waals surface area contributed by atoms with E-state index < -0.39 is 5.97 Å². The molecular weight excluding hydrogens is 342 g/mol. The number of nitrogens with zero attached hydrogens (tertiary/aromatic N) is 1. The van der Waals surface area contributed by atoms with Gasteiger partial charge in [0, 0.05) is 25.7 Å². The fourth-order valence-corrected chi connectivity index (χ4v) is 2.42. The molecule has 0 N–H and O–H groups in total. The Morgan fingerprint density at radius 3 is 2.60 bits per heavy atom. The van der Waals surface area contributed by atoms with Gasteiger partial charge in [0.25, 0.3) is 5.17 Å². The lowest BCUT2D eigenvalue weighted by Crippen LogP contribution is -2.25. The summed E-state index contributed by atoms with van der Waals surface area (Å²) in [5, 5.41) is 0.681. The second kappa shape index (κ2) is 8.11. The number of carbonyl (C=O) groups excluding carboxylic acids is 1. The molecule has 7 heteroatoms. The Bertz CT molecular complexity index is 856. The van der Waals surface area contributed by atoms with Crippen LogP contribution in [0.1, 0.15) is 36.4 Å². The number of ether oxygens (including phenoxy) is 2. The van der Waals surface area contributed by atoms with E-state index in [-0.39, 0.29) is 17.8 Å². The molecule has 0 fully saturated rings. The van der Waals surface area contributed by atoms with Gasteiger partial charge in [-0.3, -0.25) is 4.79 Å². The minimum Gasteiger partial charge on any atom is -0.460 e. The van der Waals surface area contributed by atoms with Gasteiger partial charge in [0.2, 0.25) is 5.76 Å². The summed E-state index contributed by atoms with van der Waals surface area (Å²) in [6.45, 7) is 3.89. The topological polar surface area (TPSA) is 69.0 Å². The van der Waals surface area contributed by atoms with Crippen LogP contribution in [-0.4, -0.2) is 36.7 Å². The van der Waals surface area contributed by atoms with Crippen LogP contribution in [0.2, 0.25) is 0 Å². The van der Waals surface area contributed by atoms with Gasteiger partial charge in [0.1, 0.15) is 11.3 Å². The van der Waals surface area contributed by atoms with Crippen molar-refractivity contribution in [1.29, 1.82) is 0 Å². The average molecular weight is 363 g/mol. The molecule has 0 saturated heterocycles. The quantitative estimate of drug-likeness (QED) is 0.597. The molecule has 0 bridgehead atoms. The molecule has 0 spiro atoms. The molecule has 0 saturated carbocycles. The van der Waals surface area contributed by atoms with E-state index in [4.69, 9.17) is 26.1 Å². The fourth-order valence-electron chi connectivity index (χ4n) is 2.33. The van der Waals surface area contributed by atoms with E-state index in [1.165, 1.54) is 0 Å². The summed E-state index contributed by atoms with van der Waals surface area (Å²) in [6, 6.07) is 4.47. The molecule has 1 aromatic heterocycles. The van der Waals surface area contributed by atoms with Crippen molar-refractivity contribution in [3.05, 3.63) is 39.7 Å². The monoisotopic (exact) mass is 363 g/mol. The van der Waals surface area contributed by atoms with Crippen LogP contribution in [0.25, 0.3) is 11.0 Å². The van der Waals surface area contributed by atoms with Gasteiger partial charge in [-0.1, -0.05) is 13.3 Å². The molecule has 25 heavy (non-hydrogen) atoms. The van der Waals surface area contributed by atoms with Gasteiger partial charge in [0.15, 0.2) is 5.43 Å². The lowest BCUT2D eigenvalue weighted by Gasteiger charge is -2.17. The lowest BCUT2D eigenvalue weighted by atomic mass is 10.0. The molecule has 0 unspecified atom stereocenters. The van der Waals surface area contributed by atoms with E-state index in [9.17, 15) is 9.59 Å². The van der Waals surface area contributed by atoms with E-state index >= 15 is 0 Å². The van der Waals surface area contributed by atoms with E-state index in [0.717, 1.165) is 12.5 Å². The van der Waals surface area contributed by atoms with Crippen LogP contribution < -0.4 is 10.2 Å². The van der Waals surface area contributed by atoms with Gasteiger partial charge in [-0.05, 0) is 37.7 Å². The van der Waals surface area contributed by atoms with Crippen LogP contribution in [0, 0.1) is 0 Å². The maximum absolute atomic E-state index is 12.4. The van der Waals surface area contributed by atoms with E-state index in [1.807, 2.05) is 6.92 Å². The van der Waals surface area contributed by atoms with Crippen LogP contribution >= 0.6 is 12.2 Å². The van der Waals surface area contributed by atoms with Gasteiger partial charge in [0.05, 0.1) is 12.0 Å². The number of fused-ring (bicyclic) bond motifs is 1. The minimum atomic E-state index is -0.668. The largest absolute Gasteiger partial charge is 0.460 e. The van der Waals surface area contributed by atoms with Crippen molar-refractivity contribution >= 4 is 34.3 Å². The van der Waals surface area contributed by atoms with Crippen molar-refractivity contribution in [2.75, 3.05) is 20.7 Å². The predicted molar refractivity (Wildman–Crippen MR) is 99.3 cm³/mol. The SMILES string of the molecule is CCCc1c(OC(=S)N(C)C)ccc2c(=O)cc(C(=O)OCC)oc12. The highest BCUT2D eigenvalue weighted by Crippen LogP contribution is 2.29. The molecule has 6 nitrogen and oxygen atoms in total. The molecular formula is C18H21NO5S. The third-order valence-electron chi connectivity index (χ3n) is 3.50. The van der Waals surface area contributed by atoms with Crippen LogP contribution in [0.15, 0.2) is 27.4 Å². The lowest BCUT2D eigenvalue weighted by molar-refractivity contribution is 0.0490. The second-order valence-corrected chi connectivity index (χ2v) is 5.98. The molecule has 0 aliphatic rings. The molecule has 1 heterocycles. The molecule has 1 aromatic carbocycles. The summed E-state index contributed by atoms with van der Waals surface area (Å²) >= 11 is 5.19. The second-order valence-electron chi connectivity index (χ2n) is 5.63. The Balaban J connectivity index is 2.65. The Morgan fingerprint density at radius 2 is 2.00 bits per heavy atom.